The molecule has 0 aliphatic carbocycles. The summed E-state index contributed by atoms with van der Waals surface area (Å²) in [5.41, 5.74) is 4.44. The van der Waals surface area contributed by atoms with E-state index in [1.54, 1.807) is 13.4 Å². The van der Waals surface area contributed by atoms with Crippen molar-refractivity contribution in [1.29, 1.82) is 5.26 Å². The maximum absolute atomic E-state index is 14.7. The summed E-state index contributed by atoms with van der Waals surface area (Å²) in [4.78, 5) is 29.6. The van der Waals surface area contributed by atoms with Crippen LogP contribution in [0.25, 0.3) is 33.3 Å². The summed E-state index contributed by atoms with van der Waals surface area (Å²) in [6.45, 7) is 2.93. The first kappa shape index (κ1) is 24.1. The minimum Gasteiger partial charge on any atom is -0.371 e. The average Bonchev–Trinajstić information content (AvgIpc) is 3.59. The first-order valence-electron chi connectivity index (χ1n) is 11.9. The number of aromatic amines is 1. The highest BCUT2D eigenvalue weighted by molar-refractivity contribution is 6.07. The molecule has 0 saturated carbocycles. The number of aromatic nitrogens is 4. The molecule has 1 fully saturated rings. The van der Waals surface area contributed by atoms with Crippen LogP contribution in [-0.4, -0.2) is 62.5 Å². The standard InChI is InChI=1S/C25H27FN10O/c1-14(37)32-18-4-5-36(11-18)25(30-12-27)29-10-15-6-16(8-17(26)7-15)20-9-19-22-21(31-13-35(22)3)24(28-2)34-23(19)33-20/h6-9,13,18H,4-5,10-11H2,1-3H3,(H,29,30)(H,32,37)(H2,28,33,34). The van der Waals surface area contributed by atoms with Crippen molar-refractivity contribution < 1.29 is 9.18 Å². The van der Waals surface area contributed by atoms with Gasteiger partial charge in [0, 0.05) is 63.3 Å². The van der Waals surface area contributed by atoms with Gasteiger partial charge in [0.25, 0.3) is 0 Å². The van der Waals surface area contributed by atoms with Crippen LogP contribution in [-0.2, 0) is 18.4 Å². The maximum atomic E-state index is 14.7. The number of guanidine groups is 1. The highest BCUT2D eigenvalue weighted by Gasteiger charge is 2.25. The number of carbonyl (C=O) groups is 1. The number of nitriles is 1. The predicted octanol–water partition coefficient (Wildman–Crippen LogP) is 2.43. The van der Waals surface area contributed by atoms with Crippen LogP contribution in [0.3, 0.4) is 0 Å². The summed E-state index contributed by atoms with van der Waals surface area (Å²) in [6, 6.07) is 6.75. The molecule has 0 bridgehead atoms. The highest BCUT2D eigenvalue weighted by Crippen LogP contribution is 2.32. The number of halogens is 1. The lowest BCUT2D eigenvalue weighted by atomic mass is 10.1. The molecule has 4 heterocycles. The van der Waals surface area contributed by atoms with Crippen LogP contribution in [0.5, 0.6) is 0 Å². The van der Waals surface area contributed by atoms with Crippen LogP contribution in [0.1, 0.15) is 18.9 Å². The van der Waals surface area contributed by atoms with Crippen molar-refractivity contribution in [2.45, 2.75) is 25.9 Å². The molecule has 5 rings (SSSR count). The van der Waals surface area contributed by atoms with Gasteiger partial charge in [-0.05, 0) is 36.2 Å². The van der Waals surface area contributed by atoms with Gasteiger partial charge in [-0.1, -0.05) is 0 Å². The molecule has 1 aliphatic heterocycles. The van der Waals surface area contributed by atoms with Crippen molar-refractivity contribution in [3.05, 3.63) is 42.0 Å². The van der Waals surface area contributed by atoms with Gasteiger partial charge >= 0.3 is 0 Å². The third-order valence-electron chi connectivity index (χ3n) is 6.44. The summed E-state index contributed by atoms with van der Waals surface area (Å²) in [5.74, 6) is 0.583. The number of rotatable bonds is 5. The molecule has 190 valence electrons. The third kappa shape index (κ3) is 4.75. The van der Waals surface area contributed by atoms with Crippen LogP contribution in [0.2, 0.25) is 0 Å². The Hall–Kier alpha value is -4.66. The summed E-state index contributed by atoms with van der Waals surface area (Å²) in [7, 11) is 3.72. The number of pyridine rings is 1. The number of likely N-dealkylation sites (tertiary alicyclic amines) is 1. The zero-order valence-electron chi connectivity index (χ0n) is 20.8. The molecule has 4 aromatic rings. The number of fused-ring (bicyclic) bond motifs is 3. The van der Waals surface area contributed by atoms with Gasteiger partial charge in [0.2, 0.25) is 18.1 Å². The number of hydrogen-bond donors (Lipinski definition) is 4. The van der Waals surface area contributed by atoms with Crippen molar-refractivity contribution in [1.82, 2.24) is 35.1 Å². The molecular formula is C25H27FN10O. The van der Waals surface area contributed by atoms with Crippen molar-refractivity contribution in [3.63, 3.8) is 0 Å². The molecule has 1 amide bonds. The van der Waals surface area contributed by atoms with Crippen LogP contribution < -0.4 is 16.0 Å². The lowest BCUT2D eigenvalue weighted by Gasteiger charge is -2.21. The van der Waals surface area contributed by atoms with Gasteiger partial charge in [0.15, 0.2) is 5.82 Å². The summed E-state index contributed by atoms with van der Waals surface area (Å²) in [6.07, 6.45) is 4.32. The second kappa shape index (κ2) is 9.77. The van der Waals surface area contributed by atoms with Gasteiger partial charge in [-0.3, -0.25) is 4.79 Å². The van der Waals surface area contributed by atoms with Crippen molar-refractivity contribution in [2.75, 3.05) is 25.5 Å². The molecule has 1 atom stereocenters. The Balaban J connectivity index is 1.40. The van der Waals surface area contributed by atoms with Gasteiger partial charge in [-0.2, -0.15) is 5.26 Å². The van der Waals surface area contributed by atoms with E-state index in [0.717, 1.165) is 28.5 Å². The van der Waals surface area contributed by atoms with Crippen molar-refractivity contribution >= 4 is 39.8 Å². The van der Waals surface area contributed by atoms with Crippen molar-refractivity contribution in [2.24, 2.45) is 12.0 Å². The number of anilines is 1. The van der Waals surface area contributed by atoms with Gasteiger partial charge < -0.3 is 30.4 Å². The maximum Gasteiger partial charge on any atom is 0.217 e. The SMILES string of the molecule is CNc1nc2[nH]c(-c3cc(F)cc(CN/C(=N\C#N)N4CCC(NC(C)=O)C4)c3)cc2c2c1ncn2C. The molecule has 1 unspecified atom stereocenters. The Bertz CT molecular complexity index is 1560. The van der Waals surface area contributed by atoms with Crippen LogP contribution in [0.15, 0.2) is 35.6 Å². The molecule has 4 N–H and O–H groups in total. The number of aliphatic imine (C=N–C) groups is 1. The Kier molecular flexibility index (Phi) is 6.35. The van der Waals surface area contributed by atoms with Gasteiger partial charge in [0.1, 0.15) is 17.0 Å². The number of amides is 1. The number of H-pyrrole nitrogens is 1. The van der Waals surface area contributed by atoms with Gasteiger partial charge in [-0.15, -0.1) is 4.99 Å². The fourth-order valence-corrected chi connectivity index (χ4v) is 4.84. The zero-order valence-corrected chi connectivity index (χ0v) is 20.8. The van der Waals surface area contributed by atoms with Gasteiger partial charge in [-0.25, -0.2) is 14.4 Å². The summed E-state index contributed by atoms with van der Waals surface area (Å²) in [5, 5.41) is 19.2. The van der Waals surface area contributed by atoms with E-state index in [1.165, 1.54) is 19.1 Å². The predicted molar refractivity (Wildman–Crippen MR) is 139 cm³/mol. The number of hydrogen-bond acceptors (Lipinski definition) is 6. The first-order valence-corrected chi connectivity index (χ1v) is 11.9. The molecule has 11 nitrogen and oxygen atoms in total. The minimum atomic E-state index is -0.381. The number of imidazole rings is 1. The number of nitrogens with one attached hydrogen (secondary N) is 4. The number of carbonyl (C=O) groups excluding carboxylic acids is 1. The minimum absolute atomic E-state index is 0.00565. The summed E-state index contributed by atoms with van der Waals surface area (Å²) < 4.78 is 16.6. The molecule has 1 aliphatic rings. The lowest BCUT2D eigenvalue weighted by molar-refractivity contribution is -0.119. The van der Waals surface area contributed by atoms with Crippen LogP contribution >= 0.6 is 0 Å². The van der Waals surface area contributed by atoms with E-state index in [0.29, 0.717) is 41.6 Å². The molecular weight excluding hydrogens is 475 g/mol. The fourth-order valence-electron chi connectivity index (χ4n) is 4.84. The second-order valence-corrected chi connectivity index (χ2v) is 9.08. The molecule has 1 saturated heterocycles. The second-order valence-electron chi connectivity index (χ2n) is 9.08. The Morgan fingerprint density at radius 3 is 2.95 bits per heavy atom. The largest absolute Gasteiger partial charge is 0.371 e. The Morgan fingerprint density at radius 2 is 2.19 bits per heavy atom. The highest BCUT2D eigenvalue weighted by atomic mass is 19.1. The monoisotopic (exact) mass is 502 g/mol. The van der Waals surface area contributed by atoms with E-state index in [9.17, 15) is 14.4 Å². The van der Waals surface area contributed by atoms with E-state index < -0.39 is 0 Å². The van der Waals surface area contributed by atoms with E-state index in [4.69, 9.17) is 0 Å². The van der Waals surface area contributed by atoms with E-state index in [1.807, 2.05) is 34.8 Å². The van der Waals surface area contributed by atoms with Crippen molar-refractivity contribution in [3.8, 4) is 17.5 Å². The molecule has 3 aromatic heterocycles. The molecule has 0 spiro atoms. The lowest BCUT2D eigenvalue weighted by Crippen LogP contribution is -2.42. The molecule has 0 radical (unpaired) electrons. The normalized spacial score (nSPS) is 15.8. The quantitative estimate of drug-likeness (QED) is 0.187. The first-order chi connectivity index (χ1) is 17.9. The average molecular weight is 503 g/mol. The fraction of sp³-hybridized carbons (Fsp3) is 0.320. The number of aryl methyl sites for hydroxylation is 1. The Morgan fingerprint density at radius 1 is 1.35 bits per heavy atom. The van der Waals surface area contributed by atoms with E-state index >= 15 is 0 Å². The van der Waals surface area contributed by atoms with E-state index in [-0.39, 0.29) is 24.3 Å². The topological polar surface area (TPSA) is 139 Å². The van der Waals surface area contributed by atoms with E-state index in [2.05, 4.69) is 35.9 Å². The van der Waals surface area contributed by atoms with Gasteiger partial charge in [0.05, 0.1) is 11.8 Å². The molecule has 12 heteroatoms. The van der Waals surface area contributed by atoms with Crippen LogP contribution in [0.4, 0.5) is 10.2 Å². The third-order valence-corrected chi connectivity index (χ3v) is 6.44. The zero-order chi connectivity index (χ0) is 26.1. The number of benzene rings is 1. The summed E-state index contributed by atoms with van der Waals surface area (Å²) >= 11 is 0. The number of nitrogens with zero attached hydrogens (tertiary/aromatic N) is 6. The Labute approximate surface area is 212 Å². The molecule has 1 aromatic carbocycles. The molecule has 37 heavy (non-hydrogen) atoms. The van der Waals surface area contributed by atoms with Crippen LogP contribution in [0, 0.1) is 17.3 Å². The smallest absolute Gasteiger partial charge is 0.217 e.